The molecule has 1 atom stereocenters. The minimum atomic E-state index is -1.14. The number of ether oxygens (including phenoxy) is 1. The quantitative estimate of drug-likeness (QED) is 0.722. The summed E-state index contributed by atoms with van der Waals surface area (Å²) in [5.74, 6) is -1.37. The first kappa shape index (κ1) is 15.7. The summed E-state index contributed by atoms with van der Waals surface area (Å²) in [5, 5.41) is 8.01. The Labute approximate surface area is 138 Å². The molecule has 0 spiro atoms. The van der Waals surface area contributed by atoms with Gasteiger partial charge in [-0.15, -0.1) is 5.10 Å². The molecule has 3 rings (SSSR count). The van der Waals surface area contributed by atoms with E-state index in [1.807, 2.05) is 6.92 Å². The zero-order chi connectivity index (χ0) is 17.1. The Morgan fingerprint density at radius 1 is 1.21 bits per heavy atom. The normalized spacial score (nSPS) is 12.0. The molecule has 0 fully saturated rings. The predicted octanol–water partition coefficient (Wildman–Crippen LogP) is 1.83. The molecule has 7 heteroatoms. The molecule has 1 unspecified atom stereocenters. The number of hydrogen-bond acceptors (Lipinski definition) is 5. The summed E-state index contributed by atoms with van der Waals surface area (Å²) in [4.78, 5) is 24.0. The average Bonchev–Trinajstić information content (AvgIpc) is 3.02. The lowest BCUT2D eigenvalue weighted by Crippen LogP contribution is -2.26. The Morgan fingerprint density at radius 3 is 2.62 bits per heavy atom. The fourth-order valence-corrected chi connectivity index (χ4v) is 2.43. The Kier molecular flexibility index (Phi) is 4.24. The number of primary amides is 1. The first-order valence-electron chi connectivity index (χ1n) is 7.48. The van der Waals surface area contributed by atoms with Gasteiger partial charge in [0.05, 0.1) is 11.1 Å². The number of carbonyl (C=O) groups is 2. The highest BCUT2D eigenvalue weighted by Crippen LogP contribution is 2.20. The highest BCUT2D eigenvalue weighted by atomic mass is 16.5. The molecule has 3 aromatic rings. The maximum Gasteiger partial charge on any atom is 0.339 e. The van der Waals surface area contributed by atoms with E-state index in [0.717, 1.165) is 5.52 Å². The van der Waals surface area contributed by atoms with Crippen molar-refractivity contribution in [2.24, 2.45) is 5.73 Å². The molecular formula is C17H16N4O3. The van der Waals surface area contributed by atoms with E-state index < -0.39 is 18.0 Å². The van der Waals surface area contributed by atoms with Gasteiger partial charge in [0.2, 0.25) is 6.10 Å². The molecule has 0 aliphatic rings. The molecule has 0 aliphatic carbocycles. The van der Waals surface area contributed by atoms with Crippen LogP contribution in [0.4, 0.5) is 0 Å². The second kappa shape index (κ2) is 6.49. The highest BCUT2D eigenvalue weighted by molar-refractivity contribution is 5.95. The first-order valence-corrected chi connectivity index (χ1v) is 7.48. The molecule has 0 bridgehead atoms. The van der Waals surface area contributed by atoms with Gasteiger partial charge in [0.1, 0.15) is 5.52 Å². The van der Waals surface area contributed by atoms with Crippen LogP contribution >= 0.6 is 0 Å². The van der Waals surface area contributed by atoms with Crippen LogP contribution in [-0.4, -0.2) is 26.9 Å². The van der Waals surface area contributed by atoms with Crippen molar-refractivity contribution < 1.29 is 14.3 Å². The fraction of sp³-hybridized carbons (Fsp3) is 0.176. The van der Waals surface area contributed by atoms with Crippen molar-refractivity contribution in [3.63, 3.8) is 0 Å². The van der Waals surface area contributed by atoms with Gasteiger partial charge in [-0.1, -0.05) is 35.5 Å². The fourth-order valence-electron chi connectivity index (χ4n) is 2.43. The summed E-state index contributed by atoms with van der Waals surface area (Å²) in [5.41, 5.74) is 7.58. The summed E-state index contributed by atoms with van der Waals surface area (Å²) in [6, 6.07) is 13.6. The standard InChI is InChI=1S/C17H16N4O3/c1-2-21-14-9-8-12(10-13(14)19-20-21)17(23)24-15(16(18)22)11-6-4-3-5-7-11/h3-10,15H,2H2,1H3,(H2,18,22). The molecule has 2 N–H and O–H groups in total. The van der Waals surface area contributed by atoms with E-state index in [2.05, 4.69) is 10.3 Å². The number of rotatable bonds is 5. The Bertz CT molecular complexity index is 889. The number of aromatic nitrogens is 3. The van der Waals surface area contributed by atoms with Gasteiger partial charge in [-0.3, -0.25) is 4.79 Å². The number of nitrogens with two attached hydrogens (primary N) is 1. The number of fused-ring (bicyclic) bond motifs is 1. The Hall–Kier alpha value is -3.22. The largest absolute Gasteiger partial charge is 0.444 e. The van der Waals surface area contributed by atoms with Crippen LogP contribution in [0.15, 0.2) is 48.5 Å². The predicted molar refractivity (Wildman–Crippen MR) is 87.0 cm³/mol. The van der Waals surface area contributed by atoms with E-state index in [9.17, 15) is 9.59 Å². The van der Waals surface area contributed by atoms with Crippen molar-refractivity contribution in [3.8, 4) is 0 Å². The zero-order valence-electron chi connectivity index (χ0n) is 13.0. The van der Waals surface area contributed by atoms with Gasteiger partial charge >= 0.3 is 5.97 Å². The van der Waals surface area contributed by atoms with Crippen LogP contribution < -0.4 is 5.73 Å². The third kappa shape index (κ3) is 2.96. The van der Waals surface area contributed by atoms with E-state index in [4.69, 9.17) is 10.5 Å². The van der Waals surface area contributed by atoms with Crippen LogP contribution in [0.2, 0.25) is 0 Å². The summed E-state index contributed by atoms with van der Waals surface area (Å²) in [6.45, 7) is 2.63. The van der Waals surface area contributed by atoms with Gasteiger partial charge in [-0.25, -0.2) is 9.48 Å². The van der Waals surface area contributed by atoms with Crippen molar-refractivity contribution in [3.05, 3.63) is 59.7 Å². The second-order valence-corrected chi connectivity index (χ2v) is 5.21. The van der Waals surface area contributed by atoms with Gasteiger partial charge in [0.25, 0.3) is 5.91 Å². The molecule has 2 aromatic carbocycles. The van der Waals surface area contributed by atoms with Gasteiger partial charge < -0.3 is 10.5 Å². The van der Waals surface area contributed by atoms with E-state index in [1.54, 1.807) is 53.2 Å². The van der Waals surface area contributed by atoms with Gasteiger partial charge in [0.15, 0.2) is 0 Å². The van der Waals surface area contributed by atoms with Crippen LogP contribution in [0, 0.1) is 0 Å². The van der Waals surface area contributed by atoms with Crippen molar-refractivity contribution in [1.82, 2.24) is 15.0 Å². The van der Waals surface area contributed by atoms with Crippen molar-refractivity contribution in [1.29, 1.82) is 0 Å². The number of esters is 1. The third-order valence-corrected chi connectivity index (χ3v) is 3.63. The van der Waals surface area contributed by atoms with E-state index >= 15 is 0 Å². The second-order valence-electron chi connectivity index (χ2n) is 5.21. The number of carbonyl (C=O) groups excluding carboxylic acids is 2. The lowest BCUT2D eigenvalue weighted by atomic mass is 10.1. The lowest BCUT2D eigenvalue weighted by molar-refractivity contribution is -0.127. The molecule has 0 saturated carbocycles. The van der Waals surface area contributed by atoms with Crippen LogP contribution in [0.5, 0.6) is 0 Å². The lowest BCUT2D eigenvalue weighted by Gasteiger charge is -2.15. The molecule has 0 aliphatic heterocycles. The molecule has 122 valence electrons. The minimum Gasteiger partial charge on any atom is -0.444 e. The SMILES string of the molecule is CCn1nnc2cc(C(=O)OC(C(N)=O)c3ccccc3)ccc21. The molecule has 1 aromatic heterocycles. The number of amides is 1. The topological polar surface area (TPSA) is 100 Å². The Balaban J connectivity index is 1.86. The van der Waals surface area contributed by atoms with Crippen molar-refractivity contribution in [2.45, 2.75) is 19.6 Å². The third-order valence-electron chi connectivity index (χ3n) is 3.63. The molecule has 0 saturated heterocycles. The molecule has 1 heterocycles. The van der Waals surface area contributed by atoms with Crippen molar-refractivity contribution >= 4 is 22.9 Å². The molecule has 24 heavy (non-hydrogen) atoms. The molecule has 1 amide bonds. The molecular weight excluding hydrogens is 308 g/mol. The van der Waals surface area contributed by atoms with Gasteiger partial charge in [-0.05, 0) is 25.1 Å². The van der Waals surface area contributed by atoms with Crippen LogP contribution in [0.3, 0.4) is 0 Å². The van der Waals surface area contributed by atoms with Crippen LogP contribution in [0.1, 0.15) is 28.9 Å². The van der Waals surface area contributed by atoms with Gasteiger partial charge in [0, 0.05) is 12.1 Å². The van der Waals surface area contributed by atoms with Crippen LogP contribution in [0.25, 0.3) is 11.0 Å². The number of aryl methyl sites for hydroxylation is 1. The van der Waals surface area contributed by atoms with E-state index in [-0.39, 0.29) is 5.56 Å². The smallest absolute Gasteiger partial charge is 0.339 e. The highest BCUT2D eigenvalue weighted by Gasteiger charge is 2.23. The maximum atomic E-state index is 12.4. The number of nitrogens with zero attached hydrogens (tertiary/aromatic N) is 3. The monoisotopic (exact) mass is 324 g/mol. The average molecular weight is 324 g/mol. The van der Waals surface area contributed by atoms with E-state index in [1.165, 1.54) is 0 Å². The summed E-state index contributed by atoms with van der Waals surface area (Å²) in [7, 11) is 0. The summed E-state index contributed by atoms with van der Waals surface area (Å²) in [6.07, 6.45) is -1.14. The molecule has 7 nitrogen and oxygen atoms in total. The summed E-state index contributed by atoms with van der Waals surface area (Å²) < 4.78 is 7.02. The van der Waals surface area contributed by atoms with E-state index in [0.29, 0.717) is 17.6 Å². The Morgan fingerprint density at radius 2 is 1.96 bits per heavy atom. The number of hydrogen-bond donors (Lipinski definition) is 1. The van der Waals surface area contributed by atoms with Crippen molar-refractivity contribution in [2.75, 3.05) is 0 Å². The van der Waals surface area contributed by atoms with Gasteiger partial charge in [-0.2, -0.15) is 0 Å². The molecule has 0 radical (unpaired) electrons. The zero-order valence-corrected chi connectivity index (χ0v) is 13.0. The first-order chi connectivity index (χ1) is 11.6. The number of benzene rings is 2. The van der Waals surface area contributed by atoms with Crippen LogP contribution in [-0.2, 0) is 16.1 Å². The minimum absolute atomic E-state index is 0.285. The maximum absolute atomic E-state index is 12.4. The summed E-state index contributed by atoms with van der Waals surface area (Å²) >= 11 is 0.